The molecule has 1 atom stereocenters. The number of methoxy groups -OCH3 is 2. The van der Waals surface area contributed by atoms with Crippen molar-refractivity contribution in [2.24, 2.45) is 5.92 Å². The lowest BCUT2D eigenvalue weighted by atomic mass is 10.0. The van der Waals surface area contributed by atoms with Gasteiger partial charge in [0.2, 0.25) is 5.88 Å². The van der Waals surface area contributed by atoms with Gasteiger partial charge >= 0.3 is 12.1 Å². The minimum atomic E-state index is -0.849. The van der Waals surface area contributed by atoms with E-state index in [0.717, 1.165) is 0 Å². The van der Waals surface area contributed by atoms with Crippen molar-refractivity contribution in [3.63, 3.8) is 0 Å². The predicted molar refractivity (Wildman–Crippen MR) is 89.5 cm³/mol. The van der Waals surface area contributed by atoms with Gasteiger partial charge in [-0.15, -0.1) is 0 Å². The van der Waals surface area contributed by atoms with E-state index in [2.05, 4.69) is 10.3 Å². The number of hydrogen-bond donors (Lipinski definition) is 1. The number of ketones is 1. The number of ether oxygens (including phenoxy) is 3. The molecule has 1 amide bonds. The summed E-state index contributed by atoms with van der Waals surface area (Å²) in [5, 5.41) is 2.47. The van der Waals surface area contributed by atoms with Gasteiger partial charge in [0.1, 0.15) is 11.3 Å². The second-order valence-electron chi connectivity index (χ2n) is 6.30. The molecule has 0 saturated heterocycles. The molecular weight excluding hydrogens is 328 g/mol. The Labute approximate surface area is 146 Å². The summed E-state index contributed by atoms with van der Waals surface area (Å²) in [6.07, 6.45) is -0.837. The van der Waals surface area contributed by atoms with Crippen LogP contribution in [0.1, 0.15) is 37.7 Å². The number of nitrogens with one attached hydrogen (secondary N) is 1. The summed E-state index contributed by atoms with van der Waals surface area (Å²) in [6.45, 7) is 5.09. The molecule has 8 heteroatoms. The molecule has 0 aromatic carbocycles. The average Bonchev–Trinajstić information content (AvgIpc) is 2.56. The highest BCUT2D eigenvalue weighted by atomic mass is 16.6. The van der Waals surface area contributed by atoms with E-state index in [1.54, 1.807) is 32.9 Å². The highest BCUT2D eigenvalue weighted by Gasteiger charge is 2.26. The first-order valence-electron chi connectivity index (χ1n) is 7.75. The van der Waals surface area contributed by atoms with E-state index < -0.39 is 23.6 Å². The van der Waals surface area contributed by atoms with Crippen LogP contribution >= 0.6 is 0 Å². The monoisotopic (exact) mass is 352 g/mol. The van der Waals surface area contributed by atoms with Gasteiger partial charge in [-0.05, 0) is 26.8 Å². The number of nitrogens with zero attached hydrogens (tertiary/aromatic N) is 1. The number of hydrogen-bond acceptors (Lipinski definition) is 7. The number of carbonyl (C=O) groups is 3. The average molecular weight is 352 g/mol. The van der Waals surface area contributed by atoms with Gasteiger partial charge in [-0.2, -0.15) is 0 Å². The summed E-state index contributed by atoms with van der Waals surface area (Å²) < 4.78 is 14.8. The van der Waals surface area contributed by atoms with Crippen LogP contribution < -0.4 is 10.1 Å². The molecule has 0 bridgehead atoms. The zero-order chi connectivity index (χ0) is 19.0. The Kier molecular flexibility index (Phi) is 7.35. The van der Waals surface area contributed by atoms with Gasteiger partial charge in [0.25, 0.3) is 0 Å². The van der Waals surface area contributed by atoms with Crippen LogP contribution in [0.2, 0.25) is 0 Å². The van der Waals surface area contributed by atoms with E-state index in [-0.39, 0.29) is 24.4 Å². The van der Waals surface area contributed by atoms with E-state index in [1.807, 2.05) is 0 Å². The number of pyridine rings is 1. The van der Waals surface area contributed by atoms with Crippen LogP contribution in [0.5, 0.6) is 5.88 Å². The first-order chi connectivity index (χ1) is 11.7. The van der Waals surface area contributed by atoms with Crippen molar-refractivity contribution in [3.05, 3.63) is 23.9 Å². The summed E-state index contributed by atoms with van der Waals surface area (Å²) in [4.78, 5) is 40.0. The topological polar surface area (TPSA) is 104 Å². The Bertz CT molecular complexity index is 624. The van der Waals surface area contributed by atoms with E-state index >= 15 is 0 Å². The summed E-state index contributed by atoms with van der Waals surface area (Å²) in [5.74, 6) is -1.52. The van der Waals surface area contributed by atoms with Gasteiger partial charge in [0.05, 0.1) is 20.1 Å². The highest BCUT2D eigenvalue weighted by Crippen LogP contribution is 2.14. The van der Waals surface area contributed by atoms with Gasteiger partial charge in [-0.3, -0.25) is 9.59 Å². The summed E-state index contributed by atoms with van der Waals surface area (Å²) in [7, 11) is 2.66. The van der Waals surface area contributed by atoms with Crippen LogP contribution in [0.4, 0.5) is 4.79 Å². The van der Waals surface area contributed by atoms with E-state index in [0.29, 0.717) is 5.88 Å². The number of carbonyl (C=O) groups excluding carboxylic acids is 3. The van der Waals surface area contributed by atoms with Crippen LogP contribution in [-0.4, -0.2) is 49.2 Å². The lowest BCUT2D eigenvalue weighted by molar-refractivity contribution is -0.145. The van der Waals surface area contributed by atoms with Crippen molar-refractivity contribution in [2.75, 3.05) is 20.8 Å². The molecule has 0 aliphatic heterocycles. The number of aromatic nitrogens is 1. The minimum Gasteiger partial charge on any atom is -0.481 e. The second kappa shape index (κ2) is 9.00. The maximum absolute atomic E-state index is 12.3. The fourth-order valence-corrected chi connectivity index (χ4v) is 1.94. The summed E-state index contributed by atoms with van der Waals surface area (Å²) in [5.41, 5.74) is -0.490. The van der Waals surface area contributed by atoms with E-state index in [1.165, 1.54) is 20.3 Å². The zero-order valence-electron chi connectivity index (χ0n) is 15.1. The summed E-state index contributed by atoms with van der Waals surface area (Å²) in [6, 6.07) is 4.77. The number of rotatable bonds is 7. The van der Waals surface area contributed by atoms with Crippen molar-refractivity contribution in [1.82, 2.24) is 10.3 Å². The normalized spacial score (nSPS) is 12.0. The SMILES string of the molecule is COC(=O)C(CNC(=O)OC(C)(C)C)CC(=O)c1cccc(OC)n1. The molecule has 0 spiro atoms. The molecule has 0 saturated carbocycles. The van der Waals surface area contributed by atoms with Crippen molar-refractivity contribution >= 4 is 17.8 Å². The van der Waals surface area contributed by atoms with Crippen LogP contribution in [0.15, 0.2) is 18.2 Å². The molecule has 1 aromatic heterocycles. The molecular formula is C17H24N2O6. The fourth-order valence-electron chi connectivity index (χ4n) is 1.94. The Hall–Kier alpha value is -2.64. The molecule has 0 aliphatic carbocycles. The Morgan fingerprint density at radius 3 is 2.44 bits per heavy atom. The molecule has 1 unspecified atom stereocenters. The second-order valence-corrected chi connectivity index (χ2v) is 6.30. The Morgan fingerprint density at radius 1 is 1.20 bits per heavy atom. The standard InChI is InChI=1S/C17H24N2O6/c1-17(2,3)25-16(22)18-10-11(15(21)24-5)9-13(20)12-7-6-8-14(19-12)23-4/h6-8,11H,9-10H2,1-5H3,(H,18,22). The lowest BCUT2D eigenvalue weighted by Crippen LogP contribution is -2.38. The Morgan fingerprint density at radius 2 is 1.88 bits per heavy atom. The van der Waals surface area contributed by atoms with Crippen LogP contribution in [0.3, 0.4) is 0 Å². The van der Waals surface area contributed by atoms with Gasteiger partial charge in [-0.1, -0.05) is 6.07 Å². The van der Waals surface area contributed by atoms with E-state index in [9.17, 15) is 14.4 Å². The molecule has 138 valence electrons. The molecule has 1 heterocycles. The maximum Gasteiger partial charge on any atom is 0.407 e. The molecule has 1 rings (SSSR count). The molecule has 25 heavy (non-hydrogen) atoms. The van der Waals surface area contributed by atoms with Gasteiger partial charge < -0.3 is 19.5 Å². The fraction of sp³-hybridized carbons (Fsp3) is 0.529. The van der Waals surface area contributed by atoms with Crippen molar-refractivity contribution in [1.29, 1.82) is 0 Å². The van der Waals surface area contributed by atoms with Crippen molar-refractivity contribution < 1.29 is 28.6 Å². The van der Waals surface area contributed by atoms with Crippen LogP contribution in [-0.2, 0) is 14.3 Å². The number of alkyl carbamates (subject to hydrolysis) is 1. The number of Topliss-reactive ketones (excluding diaryl/α,β-unsaturated/α-hetero) is 1. The van der Waals surface area contributed by atoms with Crippen molar-refractivity contribution in [3.8, 4) is 5.88 Å². The predicted octanol–water partition coefficient (Wildman–Crippen LogP) is 1.98. The third-order valence-electron chi connectivity index (χ3n) is 3.08. The maximum atomic E-state index is 12.3. The first kappa shape index (κ1) is 20.4. The third-order valence-corrected chi connectivity index (χ3v) is 3.08. The highest BCUT2D eigenvalue weighted by molar-refractivity contribution is 5.96. The third kappa shape index (κ3) is 7.19. The summed E-state index contributed by atoms with van der Waals surface area (Å²) >= 11 is 0. The molecule has 8 nitrogen and oxygen atoms in total. The smallest absolute Gasteiger partial charge is 0.407 e. The minimum absolute atomic E-state index is 0.0860. The molecule has 1 N–H and O–H groups in total. The Balaban J connectivity index is 2.74. The molecule has 0 radical (unpaired) electrons. The molecule has 0 fully saturated rings. The first-order valence-corrected chi connectivity index (χ1v) is 7.75. The van der Waals surface area contributed by atoms with Gasteiger partial charge in [-0.25, -0.2) is 9.78 Å². The molecule has 0 aliphatic rings. The van der Waals surface area contributed by atoms with Crippen LogP contribution in [0.25, 0.3) is 0 Å². The molecule has 1 aromatic rings. The largest absolute Gasteiger partial charge is 0.481 e. The number of esters is 1. The van der Waals surface area contributed by atoms with Crippen LogP contribution in [0, 0.1) is 5.92 Å². The number of amides is 1. The lowest BCUT2D eigenvalue weighted by Gasteiger charge is -2.21. The van der Waals surface area contributed by atoms with E-state index in [4.69, 9.17) is 14.2 Å². The van der Waals surface area contributed by atoms with Gasteiger partial charge in [0, 0.05) is 19.0 Å². The quantitative estimate of drug-likeness (QED) is 0.591. The zero-order valence-corrected chi connectivity index (χ0v) is 15.1. The van der Waals surface area contributed by atoms with Gasteiger partial charge in [0.15, 0.2) is 5.78 Å². The van der Waals surface area contributed by atoms with Crippen molar-refractivity contribution in [2.45, 2.75) is 32.8 Å².